The average molecular weight is 669 g/mol. The van der Waals surface area contributed by atoms with Crippen LogP contribution in [0.5, 0.6) is 0 Å². The summed E-state index contributed by atoms with van der Waals surface area (Å²) in [5.74, 6) is -0.653. The summed E-state index contributed by atoms with van der Waals surface area (Å²) >= 11 is 0. The Morgan fingerprint density at radius 3 is 2.40 bits per heavy atom. The number of benzene rings is 1. The van der Waals surface area contributed by atoms with Gasteiger partial charge in [0, 0.05) is 18.2 Å². The van der Waals surface area contributed by atoms with Crippen molar-refractivity contribution in [1.29, 1.82) is 0 Å². The molecule has 4 amide bonds. The fraction of sp³-hybridized carbons (Fsp3) is 0.258. The van der Waals surface area contributed by atoms with Gasteiger partial charge in [-0.25, -0.2) is 14.5 Å². The standard InChI is InChI=1S/C31H31F3N8O6/c1-7-13-37-26(44)19-9-11-20(12-10-19)42-15-21(24(40-42)25(35)43)38-27(45)22-16-47-28(39-22)18(8-2)14-23(36-6)41(17-31(32,33)34)29(46)48-30(3,4)5/h1,8-12,14-16H,2,13,17H2,3-6H3,(H2,35,43)(H,37,44)(H,38,45)/b18-14+,36-23+. The third-order valence-electron chi connectivity index (χ3n) is 5.89. The van der Waals surface area contributed by atoms with Crippen molar-refractivity contribution < 1.29 is 41.5 Å². The lowest BCUT2D eigenvalue weighted by Gasteiger charge is -2.28. The van der Waals surface area contributed by atoms with E-state index in [4.69, 9.17) is 21.3 Å². The number of aliphatic imine (C=N–C) groups is 1. The Hall–Kier alpha value is -6.18. The minimum atomic E-state index is -4.80. The number of nitrogens with one attached hydrogen (secondary N) is 2. The number of ether oxygens (including phenoxy) is 1. The van der Waals surface area contributed by atoms with Gasteiger partial charge < -0.3 is 25.5 Å². The van der Waals surface area contributed by atoms with Crippen LogP contribution in [0.3, 0.4) is 0 Å². The van der Waals surface area contributed by atoms with E-state index in [1.807, 2.05) is 0 Å². The molecule has 3 rings (SSSR count). The van der Waals surface area contributed by atoms with Gasteiger partial charge in [-0.1, -0.05) is 18.6 Å². The van der Waals surface area contributed by atoms with Gasteiger partial charge in [0.15, 0.2) is 11.4 Å². The van der Waals surface area contributed by atoms with E-state index in [2.05, 4.69) is 38.2 Å². The van der Waals surface area contributed by atoms with Gasteiger partial charge in [0.1, 0.15) is 24.2 Å². The number of hydrogen-bond donors (Lipinski definition) is 3. The molecule has 2 heterocycles. The molecule has 0 aliphatic heterocycles. The molecule has 0 aliphatic carbocycles. The van der Waals surface area contributed by atoms with Crippen LogP contribution in [0, 0.1) is 12.3 Å². The van der Waals surface area contributed by atoms with E-state index in [0.29, 0.717) is 11.3 Å². The summed E-state index contributed by atoms with van der Waals surface area (Å²) in [6, 6.07) is 6.07. The quantitative estimate of drug-likeness (QED) is 0.125. The van der Waals surface area contributed by atoms with Crippen LogP contribution < -0.4 is 16.4 Å². The van der Waals surface area contributed by atoms with Gasteiger partial charge >= 0.3 is 12.3 Å². The number of allylic oxidation sites excluding steroid dienone is 2. The van der Waals surface area contributed by atoms with Crippen molar-refractivity contribution in [2.75, 3.05) is 25.5 Å². The number of terminal acetylenes is 1. The number of halogens is 3. The zero-order chi connectivity index (χ0) is 35.8. The van der Waals surface area contributed by atoms with Gasteiger partial charge in [0.25, 0.3) is 17.7 Å². The van der Waals surface area contributed by atoms with Crippen LogP contribution in [0.4, 0.5) is 23.7 Å². The summed E-state index contributed by atoms with van der Waals surface area (Å²) < 4.78 is 51.9. The zero-order valence-electron chi connectivity index (χ0n) is 26.2. The first-order chi connectivity index (χ1) is 22.5. The molecule has 0 fully saturated rings. The summed E-state index contributed by atoms with van der Waals surface area (Å²) in [6.07, 6.45) is 3.51. The number of hydrogen-bond acceptors (Lipinski definition) is 9. The number of primary amides is 1. The molecular weight excluding hydrogens is 637 g/mol. The van der Waals surface area contributed by atoms with Crippen molar-refractivity contribution in [2.45, 2.75) is 32.5 Å². The van der Waals surface area contributed by atoms with Crippen LogP contribution in [0.25, 0.3) is 11.3 Å². The fourth-order valence-corrected chi connectivity index (χ4v) is 3.82. The second kappa shape index (κ2) is 14.9. The zero-order valence-corrected chi connectivity index (χ0v) is 26.2. The molecule has 0 atom stereocenters. The van der Waals surface area contributed by atoms with Crippen LogP contribution in [0.2, 0.25) is 0 Å². The number of oxazole rings is 1. The number of amides is 4. The van der Waals surface area contributed by atoms with E-state index in [1.165, 1.54) is 62.0 Å². The summed E-state index contributed by atoms with van der Waals surface area (Å²) in [5, 5.41) is 9.10. The van der Waals surface area contributed by atoms with E-state index in [-0.39, 0.29) is 40.0 Å². The largest absolute Gasteiger partial charge is 0.444 e. The number of aromatic nitrogens is 3. The molecule has 17 heteroatoms. The van der Waals surface area contributed by atoms with Gasteiger partial charge in [-0.3, -0.25) is 24.3 Å². The van der Waals surface area contributed by atoms with E-state index in [1.54, 1.807) is 0 Å². The summed E-state index contributed by atoms with van der Waals surface area (Å²) in [7, 11) is 1.16. The first-order valence-corrected chi connectivity index (χ1v) is 13.8. The molecular formula is C31H31F3N8O6. The van der Waals surface area contributed by atoms with Crippen LogP contribution in [0.1, 0.15) is 58.0 Å². The molecule has 0 saturated carbocycles. The van der Waals surface area contributed by atoms with Crippen molar-refractivity contribution in [3.63, 3.8) is 0 Å². The van der Waals surface area contributed by atoms with Gasteiger partial charge in [0.2, 0.25) is 5.89 Å². The fourth-order valence-electron chi connectivity index (χ4n) is 3.82. The highest BCUT2D eigenvalue weighted by Crippen LogP contribution is 2.23. The number of carbonyl (C=O) groups excluding carboxylic acids is 4. The normalized spacial score (nSPS) is 12.1. The lowest BCUT2D eigenvalue weighted by Crippen LogP contribution is -2.45. The van der Waals surface area contributed by atoms with Gasteiger partial charge in [-0.15, -0.1) is 6.42 Å². The number of carbonyl (C=O) groups is 4. The monoisotopic (exact) mass is 668 g/mol. The minimum absolute atomic E-state index is 0.0348. The van der Waals surface area contributed by atoms with Crippen molar-refractivity contribution in [1.82, 2.24) is 25.0 Å². The number of nitrogens with zero attached hydrogens (tertiary/aromatic N) is 5. The topological polar surface area (TPSA) is 187 Å². The molecule has 0 radical (unpaired) electrons. The average Bonchev–Trinajstić information content (AvgIpc) is 3.67. The highest BCUT2D eigenvalue weighted by atomic mass is 19.4. The molecule has 48 heavy (non-hydrogen) atoms. The molecule has 252 valence electrons. The minimum Gasteiger partial charge on any atom is -0.444 e. The molecule has 0 bridgehead atoms. The second-order valence-electron chi connectivity index (χ2n) is 10.7. The van der Waals surface area contributed by atoms with Gasteiger partial charge in [-0.05, 0) is 51.1 Å². The predicted octanol–water partition coefficient (Wildman–Crippen LogP) is 3.97. The van der Waals surface area contributed by atoms with Crippen molar-refractivity contribution in [3.05, 3.63) is 78.3 Å². The third-order valence-corrected chi connectivity index (χ3v) is 5.89. The van der Waals surface area contributed by atoms with E-state index >= 15 is 0 Å². The van der Waals surface area contributed by atoms with E-state index in [0.717, 1.165) is 19.4 Å². The smallest absolute Gasteiger partial charge is 0.416 e. The third kappa shape index (κ3) is 9.66. The lowest BCUT2D eigenvalue weighted by atomic mass is 10.2. The lowest BCUT2D eigenvalue weighted by molar-refractivity contribution is -0.137. The molecule has 2 aromatic heterocycles. The van der Waals surface area contributed by atoms with Gasteiger partial charge in [-0.2, -0.15) is 18.3 Å². The second-order valence-corrected chi connectivity index (χ2v) is 10.7. The van der Waals surface area contributed by atoms with Crippen molar-refractivity contribution >= 4 is 40.9 Å². The molecule has 4 N–H and O–H groups in total. The molecule has 14 nitrogen and oxygen atoms in total. The van der Waals surface area contributed by atoms with Crippen molar-refractivity contribution in [2.24, 2.45) is 10.7 Å². The van der Waals surface area contributed by atoms with Crippen LogP contribution in [-0.4, -0.2) is 81.2 Å². The Morgan fingerprint density at radius 2 is 1.85 bits per heavy atom. The van der Waals surface area contributed by atoms with Crippen LogP contribution in [-0.2, 0) is 4.74 Å². The summed E-state index contributed by atoms with van der Waals surface area (Å²) in [6.45, 7) is 6.41. The Bertz CT molecular complexity index is 1810. The molecule has 0 saturated heterocycles. The Morgan fingerprint density at radius 1 is 1.19 bits per heavy atom. The predicted molar refractivity (Wildman–Crippen MR) is 168 cm³/mol. The highest BCUT2D eigenvalue weighted by Gasteiger charge is 2.37. The number of rotatable bonds is 10. The maximum absolute atomic E-state index is 13.4. The number of amidine groups is 1. The number of nitrogens with two attached hydrogens (primary N) is 1. The Kier molecular flexibility index (Phi) is 11.3. The maximum Gasteiger partial charge on any atom is 0.416 e. The Balaban J connectivity index is 1.87. The Labute approximate surface area is 272 Å². The number of alkyl halides is 3. The maximum atomic E-state index is 13.4. The molecule has 0 unspecified atom stereocenters. The number of anilines is 1. The molecule has 3 aromatic rings. The SMILES string of the molecule is C#CCNC(=O)c1ccc(-n2cc(NC(=O)c3coc(/C(C=C)=C/C(=N\C)N(CC(F)(F)F)C(=O)OC(C)(C)C)n3)c(C(N)=O)n2)cc1. The van der Waals surface area contributed by atoms with Crippen LogP contribution >= 0.6 is 0 Å². The molecule has 0 aliphatic rings. The van der Waals surface area contributed by atoms with Crippen molar-refractivity contribution in [3.8, 4) is 18.0 Å². The van der Waals surface area contributed by atoms with Gasteiger partial charge in [0.05, 0.1) is 24.1 Å². The van der Waals surface area contributed by atoms with E-state index in [9.17, 15) is 32.3 Å². The highest BCUT2D eigenvalue weighted by molar-refractivity contribution is 6.08. The first-order valence-electron chi connectivity index (χ1n) is 13.8. The summed E-state index contributed by atoms with van der Waals surface area (Å²) in [4.78, 5) is 58.1. The molecule has 0 spiro atoms. The molecule has 1 aromatic carbocycles. The van der Waals surface area contributed by atoms with E-state index < -0.39 is 48.0 Å². The van der Waals surface area contributed by atoms with Crippen LogP contribution in [0.15, 0.2) is 64.9 Å². The summed E-state index contributed by atoms with van der Waals surface area (Å²) in [5.41, 5.74) is 4.35. The first kappa shape index (κ1) is 36.3.